The second-order valence-electron chi connectivity index (χ2n) is 10.6. The molecule has 0 aliphatic heterocycles. The van der Waals surface area contributed by atoms with Gasteiger partial charge in [-0.3, -0.25) is 5.43 Å². The van der Waals surface area contributed by atoms with Crippen molar-refractivity contribution < 1.29 is 0 Å². The van der Waals surface area contributed by atoms with Crippen molar-refractivity contribution in [2.45, 2.75) is 76.2 Å². The van der Waals surface area contributed by atoms with Crippen LogP contribution in [0.2, 0.25) is 0 Å². The molecule has 0 radical (unpaired) electrons. The number of hydrogen-bond donors (Lipinski definition) is 2. The summed E-state index contributed by atoms with van der Waals surface area (Å²) in [5, 5.41) is 9.44. The van der Waals surface area contributed by atoms with E-state index in [9.17, 15) is 0 Å². The van der Waals surface area contributed by atoms with Gasteiger partial charge in [-0.25, -0.2) is 0 Å². The Morgan fingerprint density at radius 1 is 0.760 bits per heavy atom. The Kier molecular flexibility index (Phi) is 3.35. The molecule has 8 aliphatic carbocycles. The summed E-state index contributed by atoms with van der Waals surface area (Å²) in [5.74, 6) is 6.38. The fourth-order valence-electron chi connectivity index (χ4n) is 8.50. The number of rotatable bonds is 2. The molecule has 0 saturated heterocycles. The maximum absolute atomic E-state index is 5.69. The second-order valence-corrected chi connectivity index (χ2v) is 11.0. The summed E-state index contributed by atoms with van der Waals surface area (Å²) >= 11 is 5.69. The molecule has 0 unspecified atom stereocenters. The smallest absolute Gasteiger partial charge is 0.187 e. The first-order valence-corrected chi connectivity index (χ1v) is 11.2. The Morgan fingerprint density at radius 3 is 1.76 bits per heavy atom. The van der Waals surface area contributed by atoms with E-state index in [1.165, 1.54) is 76.3 Å². The van der Waals surface area contributed by atoms with Gasteiger partial charge in [0.25, 0.3) is 0 Å². The summed E-state index contributed by atoms with van der Waals surface area (Å²) in [6, 6.07) is 0. The average Bonchev–Trinajstić information content (AvgIpc) is 2.51. The maximum atomic E-state index is 5.69. The van der Waals surface area contributed by atoms with Crippen LogP contribution in [0.1, 0.15) is 70.6 Å². The van der Waals surface area contributed by atoms with Gasteiger partial charge in [0.2, 0.25) is 0 Å². The van der Waals surface area contributed by atoms with Crippen LogP contribution in [0.15, 0.2) is 5.10 Å². The number of hydrazone groups is 1. The van der Waals surface area contributed by atoms with Gasteiger partial charge in [-0.1, -0.05) is 0 Å². The average molecular weight is 358 g/mol. The molecule has 136 valence electrons. The lowest BCUT2D eigenvalue weighted by Crippen LogP contribution is -2.61. The minimum atomic E-state index is 0.295. The number of thiocarbonyl (C=S) groups is 1. The fourth-order valence-corrected chi connectivity index (χ4v) is 8.76. The molecule has 0 aromatic heterocycles. The van der Waals surface area contributed by atoms with Crippen LogP contribution in [-0.2, 0) is 0 Å². The third-order valence-corrected chi connectivity index (χ3v) is 8.87. The molecule has 2 N–H and O–H groups in total. The Hall–Kier alpha value is -0.640. The topological polar surface area (TPSA) is 36.4 Å². The zero-order chi connectivity index (χ0) is 16.6. The first-order chi connectivity index (χ1) is 12.1. The molecule has 8 saturated carbocycles. The zero-order valence-electron chi connectivity index (χ0n) is 15.2. The highest BCUT2D eigenvalue weighted by Crippen LogP contribution is 2.55. The molecule has 3 nitrogen and oxygen atoms in total. The Bertz CT molecular complexity index is 559. The van der Waals surface area contributed by atoms with Crippen LogP contribution in [0.25, 0.3) is 0 Å². The molecule has 0 atom stereocenters. The molecule has 0 heterocycles. The Morgan fingerprint density at radius 2 is 1.24 bits per heavy atom. The van der Waals surface area contributed by atoms with Crippen molar-refractivity contribution in [3.8, 4) is 0 Å². The lowest BCUT2D eigenvalue weighted by atomic mass is 9.53. The summed E-state index contributed by atoms with van der Waals surface area (Å²) in [5.41, 5.74) is 5.05. The highest BCUT2D eigenvalue weighted by Gasteiger charge is 2.51. The van der Waals surface area contributed by atoms with Gasteiger partial charge in [0.05, 0.1) is 0 Å². The lowest BCUT2D eigenvalue weighted by molar-refractivity contribution is -0.0101. The molecule has 8 bridgehead atoms. The minimum Gasteiger partial charge on any atom is -0.356 e. The van der Waals surface area contributed by atoms with E-state index >= 15 is 0 Å². The van der Waals surface area contributed by atoms with Crippen molar-refractivity contribution in [1.29, 1.82) is 0 Å². The van der Waals surface area contributed by atoms with Crippen LogP contribution in [-0.4, -0.2) is 16.4 Å². The zero-order valence-corrected chi connectivity index (χ0v) is 16.0. The second kappa shape index (κ2) is 5.43. The van der Waals surface area contributed by atoms with Crippen LogP contribution in [0.5, 0.6) is 0 Å². The van der Waals surface area contributed by atoms with Crippen LogP contribution >= 0.6 is 12.2 Å². The third kappa shape index (κ3) is 2.57. The SMILES string of the molecule is S=C(NN=C1C2CC3CC(C2)CC1C3)NC12CC3CC(CC(C3)C1)C2. The molecule has 25 heavy (non-hydrogen) atoms. The molecule has 8 rings (SSSR count). The van der Waals surface area contributed by atoms with Crippen molar-refractivity contribution in [1.82, 2.24) is 10.7 Å². The molecule has 0 aromatic carbocycles. The highest BCUT2D eigenvalue weighted by molar-refractivity contribution is 7.80. The third-order valence-electron chi connectivity index (χ3n) is 8.68. The standard InChI is InChI=1S/C21H31N3S/c25-20(22-21-9-14-2-15(10-21)4-16(3-14)11-21)24-23-19-17-5-12-1-13(7-17)8-18(19)6-12/h12-18H,1-11H2,(H2,22,24,25). The first kappa shape index (κ1) is 15.4. The first-order valence-electron chi connectivity index (χ1n) is 10.8. The molecular formula is C21H31N3S. The molecule has 0 amide bonds. The summed E-state index contributed by atoms with van der Waals surface area (Å²) in [4.78, 5) is 0. The number of nitrogens with zero attached hydrogens (tertiary/aromatic N) is 1. The van der Waals surface area contributed by atoms with Crippen molar-refractivity contribution in [3.63, 3.8) is 0 Å². The molecular weight excluding hydrogens is 326 g/mol. The van der Waals surface area contributed by atoms with E-state index < -0.39 is 0 Å². The largest absolute Gasteiger partial charge is 0.356 e. The highest BCUT2D eigenvalue weighted by atomic mass is 32.1. The van der Waals surface area contributed by atoms with Gasteiger partial charge >= 0.3 is 0 Å². The van der Waals surface area contributed by atoms with E-state index in [-0.39, 0.29) is 0 Å². The molecule has 0 aromatic rings. The fraction of sp³-hybridized carbons (Fsp3) is 0.905. The van der Waals surface area contributed by atoms with E-state index in [4.69, 9.17) is 17.3 Å². The van der Waals surface area contributed by atoms with Crippen molar-refractivity contribution >= 4 is 23.0 Å². The monoisotopic (exact) mass is 357 g/mol. The van der Waals surface area contributed by atoms with Crippen LogP contribution in [0.4, 0.5) is 0 Å². The van der Waals surface area contributed by atoms with Gasteiger partial charge in [-0.05, 0) is 124 Å². The van der Waals surface area contributed by atoms with Crippen LogP contribution < -0.4 is 10.7 Å². The molecule has 8 fully saturated rings. The van der Waals surface area contributed by atoms with Crippen molar-refractivity contribution in [2.75, 3.05) is 0 Å². The van der Waals surface area contributed by atoms with Crippen molar-refractivity contribution in [3.05, 3.63) is 0 Å². The predicted molar refractivity (Wildman–Crippen MR) is 104 cm³/mol. The van der Waals surface area contributed by atoms with Gasteiger partial charge in [-0.15, -0.1) is 0 Å². The van der Waals surface area contributed by atoms with E-state index in [0.717, 1.165) is 46.5 Å². The van der Waals surface area contributed by atoms with E-state index in [0.29, 0.717) is 5.54 Å². The van der Waals surface area contributed by atoms with Gasteiger partial charge < -0.3 is 5.32 Å². The van der Waals surface area contributed by atoms with E-state index in [1.54, 1.807) is 0 Å². The van der Waals surface area contributed by atoms with Gasteiger partial charge in [0.15, 0.2) is 5.11 Å². The van der Waals surface area contributed by atoms with Crippen molar-refractivity contribution in [2.24, 2.45) is 46.5 Å². The Balaban J connectivity index is 1.13. The Labute approximate surface area is 156 Å². The molecule has 0 spiro atoms. The van der Waals surface area contributed by atoms with Gasteiger partial charge in [-0.2, -0.15) is 5.10 Å². The summed E-state index contributed by atoms with van der Waals surface area (Å²) in [6.45, 7) is 0. The maximum Gasteiger partial charge on any atom is 0.187 e. The quantitative estimate of drug-likeness (QED) is 0.573. The summed E-state index contributed by atoms with van der Waals surface area (Å²) < 4.78 is 0. The van der Waals surface area contributed by atoms with Crippen LogP contribution in [0, 0.1) is 41.4 Å². The number of hydrogen-bond acceptors (Lipinski definition) is 2. The van der Waals surface area contributed by atoms with E-state index in [2.05, 4.69) is 10.7 Å². The molecule has 8 aliphatic rings. The summed E-state index contributed by atoms with van der Waals surface area (Å²) in [7, 11) is 0. The normalized spacial score (nSPS) is 51.7. The van der Waals surface area contributed by atoms with E-state index in [1.807, 2.05) is 0 Å². The van der Waals surface area contributed by atoms with Gasteiger partial charge in [0.1, 0.15) is 0 Å². The molecule has 4 heteroatoms. The lowest BCUT2D eigenvalue weighted by Gasteiger charge is -2.57. The summed E-state index contributed by atoms with van der Waals surface area (Å²) in [6.07, 6.45) is 15.5. The predicted octanol–water partition coefficient (Wildman–Crippen LogP) is 4.23. The van der Waals surface area contributed by atoms with Gasteiger partial charge in [0, 0.05) is 11.3 Å². The number of nitrogens with one attached hydrogen (secondary N) is 2. The minimum absolute atomic E-state index is 0.295. The van der Waals surface area contributed by atoms with Crippen LogP contribution in [0.3, 0.4) is 0 Å².